The summed E-state index contributed by atoms with van der Waals surface area (Å²) in [6.45, 7) is 3.93. The minimum Gasteiger partial charge on any atom is -0.362 e. The van der Waals surface area contributed by atoms with Gasteiger partial charge in [-0.15, -0.1) is 0 Å². The van der Waals surface area contributed by atoms with Crippen LogP contribution in [0.3, 0.4) is 0 Å². The van der Waals surface area contributed by atoms with Crippen molar-refractivity contribution in [2.45, 2.75) is 32.3 Å². The van der Waals surface area contributed by atoms with E-state index in [2.05, 4.69) is 0 Å². The summed E-state index contributed by atoms with van der Waals surface area (Å²) in [6, 6.07) is 0. The van der Waals surface area contributed by atoms with Gasteiger partial charge in [-0.05, 0) is 25.0 Å². The van der Waals surface area contributed by atoms with Gasteiger partial charge < -0.3 is 4.74 Å². The lowest BCUT2D eigenvalue weighted by Crippen LogP contribution is -2.38. The largest absolute Gasteiger partial charge is 0.362 e. The maximum atomic E-state index is 11.8. The number of hydrogen-bond acceptors (Lipinski definition) is 2. The average Bonchev–Trinajstić information content (AvgIpc) is 2.48. The topological polar surface area (TPSA) is 26.3 Å². The molecular formula is C11H16O2. The minimum absolute atomic E-state index is 0.153. The van der Waals surface area contributed by atoms with Crippen LogP contribution in [0.5, 0.6) is 0 Å². The van der Waals surface area contributed by atoms with Crippen LogP contribution in [0.25, 0.3) is 0 Å². The molecule has 2 nitrogen and oxygen atoms in total. The summed E-state index contributed by atoms with van der Waals surface area (Å²) < 4.78 is 5.32. The Morgan fingerprint density at radius 2 is 2.31 bits per heavy atom. The molecule has 0 aliphatic heterocycles. The van der Waals surface area contributed by atoms with E-state index in [1.807, 2.05) is 32.1 Å². The third kappa shape index (κ3) is 1.59. The molecule has 1 unspecified atom stereocenters. The van der Waals surface area contributed by atoms with Crippen LogP contribution in [0, 0.1) is 0 Å². The van der Waals surface area contributed by atoms with E-state index in [-0.39, 0.29) is 5.78 Å². The highest BCUT2D eigenvalue weighted by atomic mass is 16.5. The summed E-state index contributed by atoms with van der Waals surface area (Å²) in [5.74, 6) is 0.153. The van der Waals surface area contributed by atoms with Crippen molar-refractivity contribution in [2.24, 2.45) is 0 Å². The number of carbonyl (C=O) groups excluding carboxylic acids is 1. The predicted octanol–water partition coefficient (Wildman–Crippen LogP) is 2.26. The molecule has 1 aliphatic rings. The zero-order valence-electron chi connectivity index (χ0n) is 8.46. The second-order valence-electron chi connectivity index (χ2n) is 3.32. The second kappa shape index (κ2) is 3.88. The number of hydrogen-bond donors (Lipinski definition) is 0. The summed E-state index contributed by atoms with van der Waals surface area (Å²) in [5, 5.41) is 0. The normalized spacial score (nSPS) is 26.2. The van der Waals surface area contributed by atoms with Gasteiger partial charge in [-0.1, -0.05) is 19.1 Å². The molecule has 72 valence electrons. The van der Waals surface area contributed by atoms with E-state index in [1.54, 1.807) is 7.11 Å². The smallest absolute Gasteiger partial charge is 0.172 e. The Hall–Kier alpha value is -0.890. The molecule has 0 heterocycles. The van der Waals surface area contributed by atoms with Crippen LogP contribution in [-0.2, 0) is 9.53 Å². The fraction of sp³-hybridized carbons (Fsp3) is 0.545. The molecule has 0 aromatic carbocycles. The molecule has 1 atom stereocenters. The predicted molar refractivity (Wildman–Crippen MR) is 52.6 cm³/mol. The van der Waals surface area contributed by atoms with Crippen molar-refractivity contribution in [1.29, 1.82) is 0 Å². The second-order valence-corrected chi connectivity index (χ2v) is 3.32. The van der Waals surface area contributed by atoms with E-state index in [0.717, 1.165) is 12.0 Å². The lowest BCUT2D eigenvalue weighted by atomic mass is 9.90. The number of Topliss-reactive ketones (excluding diaryl/α,β-unsaturated/α-hetero) is 1. The van der Waals surface area contributed by atoms with Gasteiger partial charge in [0.25, 0.3) is 0 Å². The van der Waals surface area contributed by atoms with Gasteiger partial charge in [-0.25, -0.2) is 0 Å². The summed E-state index contributed by atoms with van der Waals surface area (Å²) in [5.41, 5.74) is 0.226. The van der Waals surface area contributed by atoms with Crippen molar-refractivity contribution in [1.82, 2.24) is 0 Å². The van der Waals surface area contributed by atoms with Crippen molar-refractivity contribution < 1.29 is 9.53 Å². The Labute approximate surface area is 79.3 Å². The van der Waals surface area contributed by atoms with E-state index in [1.165, 1.54) is 0 Å². The highest BCUT2D eigenvalue weighted by Crippen LogP contribution is 2.30. The average molecular weight is 180 g/mol. The molecule has 0 aromatic rings. The van der Waals surface area contributed by atoms with Crippen molar-refractivity contribution >= 4 is 5.78 Å². The molecule has 0 bridgehead atoms. The van der Waals surface area contributed by atoms with E-state index in [9.17, 15) is 4.79 Å². The van der Waals surface area contributed by atoms with Gasteiger partial charge >= 0.3 is 0 Å². The van der Waals surface area contributed by atoms with Crippen LogP contribution in [0.15, 0.2) is 23.8 Å². The zero-order chi connectivity index (χ0) is 9.90. The molecule has 0 aromatic heterocycles. The van der Waals surface area contributed by atoms with Gasteiger partial charge in [-0.3, -0.25) is 4.79 Å². The first-order chi connectivity index (χ1) is 6.17. The molecule has 0 saturated heterocycles. The van der Waals surface area contributed by atoms with Gasteiger partial charge in [0.1, 0.15) is 0 Å². The highest BCUT2D eigenvalue weighted by Gasteiger charge is 2.38. The molecule has 0 fully saturated rings. The molecule has 0 amide bonds. The quantitative estimate of drug-likeness (QED) is 0.663. The Balaban J connectivity index is 2.88. The number of rotatable bonds is 4. The van der Waals surface area contributed by atoms with Crippen LogP contribution < -0.4 is 0 Å². The SMILES string of the molecule is CCCC(=O)C1(OC)C=CC=C1C. The molecule has 2 heteroatoms. The van der Waals surface area contributed by atoms with Crippen molar-refractivity contribution in [3.05, 3.63) is 23.8 Å². The maximum Gasteiger partial charge on any atom is 0.172 e. The van der Waals surface area contributed by atoms with E-state index in [0.29, 0.717) is 6.42 Å². The molecule has 13 heavy (non-hydrogen) atoms. The first-order valence-electron chi connectivity index (χ1n) is 4.62. The monoisotopic (exact) mass is 180 g/mol. The third-order valence-corrected chi connectivity index (χ3v) is 2.48. The van der Waals surface area contributed by atoms with Crippen molar-refractivity contribution in [3.63, 3.8) is 0 Å². The lowest BCUT2D eigenvalue weighted by Gasteiger charge is -2.26. The zero-order valence-corrected chi connectivity index (χ0v) is 8.46. The molecule has 0 saturated carbocycles. The van der Waals surface area contributed by atoms with Crippen LogP contribution in [-0.4, -0.2) is 18.5 Å². The Morgan fingerprint density at radius 3 is 2.69 bits per heavy atom. The number of carbonyl (C=O) groups is 1. The Morgan fingerprint density at radius 1 is 1.62 bits per heavy atom. The molecule has 0 radical (unpaired) electrons. The van der Waals surface area contributed by atoms with E-state index >= 15 is 0 Å². The van der Waals surface area contributed by atoms with E-state index < -0.39 is 5.60 Å². The van der Waals surface area contributed by atoms with Crippen molar-refractivity contribution in [2.75, 3.05) is 7.11 Å². The number of allylic oxidation sites excluding steroid dienone is 2. The summed E-state index contributed by atoms with van der Waals surface area (Å²) >= 11 is 0. The first kappa shape index (κ1) is 10.2. The standard InChI is InChI=1S/C11H16O2/c1-4-6-10(12)11(13-3)8-5-7-9(11)2/h5,7-8H,4,6H2,1-3H3. The molecule has 1 aliphatic carbocycles. The number of ketones is 1. The fourth-order valence-corrected chi connectivity index (χ4v) is 1.65. The Bertz CT molecular complexity index is 263. The van der Waals surface area contributed by atoms with Crippen LogP contribution in [0.1, 0.15) is 26.7 Å². The van der Waals surface area contributed by atoms with Crippen LogP contribution in [0.2, 0.25) is 0 Å². The highest BCUT2D eigenvalue weighted by molar-refractivity contribution is 5.93. The van der Waals surface area contributed by atoms with Gasteiger partial charge in [0.15, 0.2) is 11.4 Å². The number of ether oxygens (including phenoxy) is 1. The maximum absolute atomic E-state index is 11.8. The third-order valence-electron chi connectivity index (χ3n) is 2.48. The van der Waals surface area contributed by atoms with Gasteiger partial charge in [-0.2, -0.15) is 0 Å². The fourth-order valence-electron chi connectivity index (χ4n) is 1.65. The summed E-state index contributed by atoms with van der Waals surface area (Å²) in [6.07, 6.45) is 7.08. The molecule has 0 N–H and O–H groups in total. The molecule has 1 rings (SSSR count). The lowest BCUT2D eigenvalue weighted by molar-refractivity contribution is -0.132. The van der Waals surface area contributed by atoms with E-state index in [4.69, 9.17) is 4.74 Å². The number of methoxy groups -OCH3 is 1. The minimum atomic E-state index is -0.754. The summed E-state index contributed by atoms with van der Waals surface area (Å²) in [7, 11) is 1.58. The van der Waals surface area contributed by atoms with Crippen LogP contribution >= 0.6 is 0 Å². The summed E-state index contributed by atoms with van der Waals surface area (Å²) in [4.78, 5) is 11.8. The Kier molecular flexibility index (Phi) is 3.04. The van der Waals surface area contributed by atoms with Gasteiger partial charge in [0.05, 0.1) is 0 Å². The molecule has 0 spiro atoms. The van der Waals surface area contributed by atoms with Gasteiger partial charge in [0, 0.05) is 13.5 Å². The van der Waals surface area contributed by atoms with Crippen LogP contribution in [0.4, 0.5) is 0 Å². The van der Waals surface area contributed by atoms with Crippen molar-refractivity contribution in [3.8, 4) is 0 Å². The molecular weight excluding hydrogens is 164 g/mol. The van der Waals surface area contributed by atoms with Gasteiger partial charge in [0.2, 0.25) is 0 Å². The first-order valence-corrected chi connectivity index (χ1v) is 4.62.